The molecular weight excluding hydrogens is 252 g/mol. The van der Waals surface area contributed by atoms with Gasteiger partial charge in [-0.2, -0.15) is 0 Å². The monoisotopic (exact) mass is 272 g/mol. The fraction of sp³-hybridized carbons (Fsp3) is 0.438. The molecular formula is C16H20N2S. The zero-order chi connectivity index (χ0) is 13.2. The normalized spacial score (nSPS) is 23.4. The van der Waals surface area contributed by atoms with Crippen molar-refractivity contribution in [2.75, 3.05) is 5.73 Å². The summed E-state index contributed by atoms with van der Waals surface area (Å²) in [6.45, 7) is 2.34. The molecule has 0 saturated heterocycles. The smallest absolute Gasteiger partial charge is 0.125 e. The van der Waals surface area contributed by atoms with Gasteiger partial charge in [-0.3, -0.25) is 0 Å². The lowest BCUT2D eigenvalue weighted by Crippen LogP contribution is -2.12. The fourth-order valence-electron chi connectivity index (χ4n) is 2.87. The Balaban J connectivity index is 1.86. The third-order valence-electron chi connectivity index (χ3n) is 4.10. The number of hydrogen-bond acceptors (Lipinski definition) is 3. The summed E-state index contributed by atoms with van der Waals surface area (Å²) in [6.07, 6.45) is 5.09. The molecule has 1 aromatic carbocycles. The van der Waals surface area contributed by atoms with Gasteiger partial charge in [-0.05, 0) is 18.8 Å². The lowest BCUT2D eigenvalue weighted by Gasteiger charge is -2.25. The summed E-state index contributed by atoms with van der Waals surface area (Å²) in [7, 11) is 0. The molecule has 1 aliphatic carbocycles. The van der Waals surface area contributed by atoms with E-state index in [1.807, 2.05) is 6.07 Å². The first kappa shape index (κ1) is 12.7. The van der Waals surface area contributed by atoms with E-state index in [0.29, 0.717) is 5.92 Å². The quantitative estimate of drug-likeness (QED) is 0.861. The Morgan fingerprint density at radius 3 is 2.47 bits per heavy atom. The lowest BCUT2D eigenvalue weighted by atomic mass is 9.81. The van der Waals surface area contributed by atoms with E-state index in [1.54, 1.807) is 11.3 Å². The van der Waals surface area contributed by atoms with Gasteiger partial charge in [-0.1, -0.05) is 61.4 Å². The summed E-state index contributed by atoms with van der Waals surface area (Å²) in [4.78, 5) is 4.82. The van der Waals surface area contributed by atoms with Crippen molar-refractivity contribution in [3.05, 3.63) is 36.0 Å². The summed E-state index contributed by atoms with van der Waals surface area (Å²) in [5, 5.41) is 1.98. The van der Waals surface area contributed by atoms with Crippen molar-refractivity contribution in [3.8, 4) is 10.6 Å². The number of aromatic nitrogens is 1. The van der Waals surface area contributed by atoms with Crippen LogP contribution in [0.5, 0.6) is 0 Å². The van der Waals surface area contributed by atoms with Crippen LogP contribution < -0.4 is 5.73 Å². The molecule has 3 heteroatoms. The van der Waals surface area contributed by atoms with Gasteiger partial charge in [0.2, 0.25) is 0 Å². The minimum absolute atomic E-state index is 0.574. The van der Waals surface area contributed by atoms with Crippen molar-refractivity contribution in [1.29, 1.82) is 0 Å². The molecule has 19 heavy (non-hydrogen) atoms. The maximum absolute atomic E-state index is 6.20. The van der Waals surface area contributed by atoms with Crippen LogP contribution >= 0.6 is 11.3 Å². The van der Waals surface area contributed by atoms with Gasteiger partial charge in [0.1, 0.15) is 10.0 Å². The molecule has 2 N–H and O–H groups in total. The van der Waals surface area contributed by atoms with Crippen LogP contribution in [0.4, 0.5) is 5.00 Å². The van der Waals surface area contributed by atoms with E-state index in [2.05, 4.69) is 31.2 Å². The molecule has 2 aromatic rings. The highest BCUT2D eigenvalue weighted by Crippen LogP contribution is 2.41. The lowest BCUT2D eigenvalue weighted by molar-refractivity contribution is 0.345. The zero-order valence-corrected chi connectivity index (χ0v) is 12.1. The summed E-state index contributed by atoms with van der Waals surface area (Å²) in [5.41, 5.74) is 8.52. The van der Waals surface area contributed by atoms with Gasteiger partial charge < -0.3 is 5.73 Å². The van der Waals surface area contributed by atoms with Crippen LogP contribution in [0.25, 0.3) is 10.6 Å². The Kier molecular flexibility index (Phi) is 3.56. The number of rotatable bonds is 2. The van der Waals surface area contributed by atoms with Gasteiger partial charge in [-0.15, -0.1) is 0 Å². The standard InChI is InChI=1S/C16H20N2S/c1-11-7-9-12(10-8-11)14-15(17)19-16(18-14)13-5-3-2-4-6-13/h2-6,11-12H,7-10,17H2,1H3. The summed E-state index contributed by atoms with van der Waals surface area (Å²) in [6, 6.07) is 10.3. The van der Waals surface area contributed by atoms with Gasteiger partial charge in [0.25, 0.3) is 0 Å². The van der Waals surface area contributed by atoms with Crippen LogP contribution in [0.15, 0.2) is 30.3 Å². The van der Waals surface area contributed by atoms with Crippen LogP contribution in [-0.4, -0.2) is 4.98 Å². The van der Waals surface area contributed by atoms with Crippen molar-refractivity contribution in [1.82, 2.24) is 4.98 Å². The summed E-state index contributed by atoms with van der Waals surface area (Å²) in [5.74, 6) is 1.44. The molecule has 0 spiro atoms. The first-order valence-corrected chi connectivity index (χ1v) is 7.87. The van der Waals surface area contributed by atoms with Crippen LogP contribution in [0.1, 0.15) is 44.2 Å². The van der Waals surface area contributed by atoms with Crippen LogP contribution in [0.3, 0.4) is 0 Å². The predicted molar refractivity (Wildman–Crippen MR) is 82.3 cm³/mol. The second-order valence-corrected chi connectivity index (χ2v) is 6.62. The van der Waals surface area contributed by atoms with Gasteiger partial charge in [0.05, 0.1) is 5.69 Å². The molecule has 0 aliphatic heterocycles. The van der Waals surface area contributed by atoms with Gasteiger partial charge in [-0.25, -0.2) is 4.98 Å². The van der Waals surface area contributed by atoms with Gasteiger partial charge in [0, 0.05) is 11.5 Å². The maximum Gasteiger partial charge on any atom is 0.125 e. The summed E-state index contributed by atoms with van der Waals surface area (Å²) >= 11 is 1.63. The largest absolute Gasteiger partial charge is 0.389 e. The molecule has 2 nitrogen and oxygen atoms in total. The molecule has 3 rings (SSSR count). The number of nitrogens with two attached hydrogens (primary N) is 1. The van der Waals surface area contributed by atoms with Crippen LogP contribution in [0.2, 0.25) is 0 Å². The Labute approximate surface area is 118 Å². The summed E-state index contributed by atoms with van der Waals surface area (Å²) < 4.78 is 0. The molecule has 1 fully saturated rings. The average molecular weight is 272 g/mol. The Morgan fingerprint density at radius 2 is 1.79 bits per heavy atom. The third-order valence-corrected chi connectivity index (χ3v) is 5.05. The molecule has 0 atom stereocenters. The predicted octanol–water partition coefficient (Wildman–Crippen LogP) is 4.69. The molecule has 0 radical (unpaired) electrons. The highest BCUT2D eigenvalue weighted by Gasteiger charge is 2.24. The minimum atomic E-state index is 0.574. The average Bonchev–Trinajstić information content (AvgIpc) is 2.83. The molecule has 0 unspecified atom stereocenters. The first-order valence-electron chi connectivity index (χ1n) is 7.05. The Morgan fingerprint density at radius 1 is 1.11 bits per heavy atom. The topological polar surface area (TPSA) is 38.9 Å². The van der Waals surface area contributed by atoms with E-state index in [4.69, 9.17) is 10.7 Å². The molecule has 1 aromatic heterocycles. The number of hydrogen-bond donors (Lipinski definition) is 1. The second-order valence-electron chi connectivity index (χ2n) is 5.59. The highest BCUT2D eigenvalue weighted by molar-refractivity contribution is 7.18. The second kappa shape index (κ2) is 5.33. The van der Waals surface area contributed by atoms with Crippen molar-refractivity contribution in [2.45, 2.75) is 38.5 Å². The van der Waals surface area contributed by atoms with Crippen molar-refractivity contribution >= 4 is 16.3 Å². The van der Waals surface area contributed by atoms with E-state index in [-0.39, 0.29) is 0 Å². The van der Waals surface area contributed by atoms with E-state index in [0.717, 1.165) is 21.6 Å². The molecule has 0 amide bonds. The fourth-order valence-corrected chi connectivity index (χ4v) is 3.80. The van der Waals surface area contributed by atoms with E-state index < -0.39 is 0 Å². The van der Waals surface area contributed by atoms with Gasteiger partial charge >= 0.3 is 0 Å². The molecule has 1 heterocycles. The number of nitrogens with zero attached hydrogens (tertiary/aromatic N) is 1. The number of benzene rings is 1. The molecule has 1 aliphatic rings. The maximum atomic E-state index is 6.20. The SMILES string of the molecule is CC1CCC(c2nc(-c3ccccc3)sc2N)CC1. The molecule has 100 valence electrons. The van der Waals surface area contributed by atoms with Crippen LogP contribution in [-0.2, 0) is 0 Å². The number of thiazole rings is 1. The molecule has 0 bridgehead atoms. The van der Waals surface area contributed by atoms with Crippen LogP contribution in [0, 0.1) is 5.92 Å². The number of nitrogen functional groups attached to an aromatic ring is 1. The highest BCUT2D eigenvalue weighted by atomic mass is 32.1. The van der Waals surface area contributed by atoms with Gasteiger partial charge in [0.15, 0.2) is 0 Å². The number of anilines is 1. The van der Waals surface area contributed by atoms with Crippen molar-refractivity contribution in [3.63, 3.8) is 0 Å². The first-order chi connectivity index (χ1) is 9.24. The third kappa shape index (κ3) is 2.66. The van der Waals surface area contributed by atoms with E-state index in [9.17, 15) is 0 Å². The Hall–Kier alpha value is -1.35. The minimum Gasteiger partial charge on any atom is -0.389 e. The van der Waals surface area contributed by atoms with Crippen molar-refractivity contribution < 1.29 is 0 Å². The molecule has 1 saturated carbocycles. The zero-order valence-electron chi connectivity index (χ0n) is 11.3. The Bertz CT molecular complexity index is 539. The van der Waals surface area contributed by atoms with E-state index in [1.165, 1.54) is 31.2 Å². The van der Waals surface area contributed by atoms with Crippen molar-refractivity contribution in [2.24, 2.45) is 5.92 Å². The van der Waals surface area contributed by atoms with E-state index >= 15 is 0 Å².